The van der Waals surface area contributed by atoms with Crippen LogP contribution in [-0.4, -0.2) is 17.0 Å². The average molecular weight is 210 g/mol. The molecule has 3 rings (SSSR count). The molecule has 0 heterocycles. The van der Waals surface area contributed by atoms with Gasteiger partial charge in [-0.3, -0.25) is 4.79 Å². The first-order valence-corrected chi connectivity index (χ1v) is 5.19. The first-order chi connectivity index (χ1) is 7.77. The number of aliphatic hydroxyl groups is 1. The van der Waals surface area contributed by atoms with Crippen LogP contribution >= 0.6 is 0 Å². The molecule has 1 N–H and O–H groups in total. The molecule has 0 fully saturated rings. The molecule has 0 saturated heterocycles. The van der Waals surface area contributed by atoms with Gasteiger partial charge in [0.05, 0.1) is 0 Å². The molecule has 0 saturated carbocycles. The van der Waals surface area contributed by atoms with E-state index in [9.17, 15) is 9.90 Å². The van der Waals surface area contributed by atoms with E-state index in [1.54, 1.807) is 6.08 Å². The minimum absolute atomic E-state index is 0.214. The molecule has 0 bridgehead atoms. The molecular weight excluding hydrogens is 200 g/mol. The lowest BCUT2D eigenvalue weighted by Gasteiger charge is -2.16. The number of ketones is 1. The van der Waals surface area contributed by atoms with Gasteiger partial charge in [-0.25, -0.2) is 0 Å². The van der Waals surface area contributed by atoms with E-state index in [0.717, 1.165) is 16.3 Å². The van der Waals surface area contributed by atoms with Crippen molar-refractivity contribution in [2.45, 2.75) is 6.10 Å². The van der Waals surface area contributed by atoms with Crippen molar-refractivity contribution in [1.82, 2.24) is 0 Å². The lowest BCUT2D eigenvalue weighted by atomic mass is 9.90. The lowest BCUT2D eigenvalue weighted by Crippen LogP contribution is -2.21. The Hall–Kier alpha value is -1.93. The average Bonchev–Trinajstić information content (AvgIpc) is 2.33. The van der Waals surface area contributed by atoms with Crippen LogP contribution in [0.4, 0.5) is 0 Å². The SMILES string of the molecule is O=C1c2c(ccc3ccccc23)C=CC1O. The molecular formula is C14H10O2. The van der Waals surface area contributed by atoms with E-state index in [0.29, 0.717) is 5.56 Å². The van der Waals surface area contributed by atoms with Crippen molar-refractivity contribution >= 4 is 22.6 Å². The standard InChI is InChI=1S/C14H10O2/c15-12-8-7-10-6-5-9-3-1-2-4-11(9)13(10)14(12)16/h1-8,12,15H. The largest absolute Gasteiger partial charge is 0.381 e. The van der Waals surface area contributed by atoms with E-state index < -0.39 is 6.10 Å². The number of hydrogen-bond donors (Lipinski definition) is 1. The Balaban J connectivity index is 2.42. The van der Waals surface area contributed by atoms with Crippen molar-refractivity contribution in [1.29, 1.82) is 0 Å². The summed E-state index contributed by atoms with van der Waals surface area (Å²) in [6.07, 6.45) is 2.33. The fourth-order valence-corrected chi connectivity index (χ4v) is 2.13. The van der Waals surface area contributed by atoms with Crippen LogP contribution in [0.1, 0.15) is 15.9 Å². The number of hydrogen-bond acceptors (Lipinski definition) is 2. The highest BCUT2D eigenvalue weighted by Gasteiger charge is 2.23. The van der Waals surface area contributed by atoms with E-state index in [1.165, 1.54) is 6.08 Å². The van der Waals surface area contributed by atoms with E-state index in [4.69, 9.17) is 0 Å². The van der Waals surface area contributed by atoms with Crippen molar-refractivity contribution in [3.8, 4) is 0 Å². The highest BCUT2D eigenvalue weighted by molar-refractivity contribution is 6.15. The number of Topliss-reactive ketones (excluding diaryl/α,β-unsaturated/α-hetero) is 1. The molecule has 0 amide bonds. The molecule has 2 aromatic rings. The minimum atomic E-state index is -1.00. The van der Waals surface area contributed by atoms with Crippen LogP contribution in [0.2, 0.25) is 0 Å². The van der Waals surface area contributed by atoms with Gasteiger partial charge in [0, 0.05) is 5.56 Å². The minimum Gasteiger partial charge on any atom is -0.381 e. The van der Waals surface area contributed by atoms with Crippen LogP contribution in [0.15, 0.2) is 42.5 Å². The molecule has 1 aliphatic rings. The zero-order valence-corrected chi connectivity index (χ0v) is 8.55. The predicted octanol–water partition coefficient (Wildman–Crippen LogP) is 2.41. The number of carbonyl (C=O) groups excluding carboxylic acids is 1. The molecule has 16 heavy (non-hydrogen) atoms. The number of carbonyl (C=O) groups is 1. The third kappa shape index (κ3) is 1.20. The third-order valence-corrected chi connectivity index (χ3v) is 2.93. The maximum Gasteiger partial charge on any atom is 0.196 e. The summed E-state index contributed by atoms with van der Waals surface area (Å²) in [5.74, 6) is -0.214. The van der Waals surface area contributed by atoms with Crippen LogP contribution in [0, 0.1) is 0 Å². The molecule has 1 atom stereocenters. The summed E-state index contributed by atoms with van der Waals surface area (Å²) in [6.45, 7) is 0. The van der Waals surface area contributed by atoms with Crippen LogP contribution in [0.25, 0.3) is 16.8 Å². The maximum absolute atomic E-state index is 11.9. The van der Waals surface area contributed by atoms with Crippen molar-refractivity contribution in [3.63, 3.8) is 0 Å². The summed E-state index contributed by atoms with van der Waals surface area (Å²) in [6, 6.07) is 11.6. The summed E-state index contributed by atoms with van der Waals surface area (Å²) >= 11 is 0. The topological polar surface area (TPSA) is 37.3 Å². The summed E-state index contributed by atoms with van der Waals surface area (Å²) in [5, 5.41) is 11.5. The van der Waals surface area contributed by atoms with E-state index in [2.05, 4.69) is 0 Å². The molecule has 2 aromatic carbocycles. The highest BCUT2D eigenvalue weighted by Crippen LogP contribution is 2.27. The first kappa shape index (κ1) is 9.31. The quantitative estimate of drug-likeness (QED) is 0.725. The molecule has 0 aliphatic heterocycles. The Morgan fingerprint density at radius 1 is 1.06 bits per heavy atom. The van der Waals surface area contributed by atoms with Gasteiger partial charge in [-0.1, -0.05) is 42.5 Å². The normalized spacial score (nSPS) is 18.8. The van der Waals surface area contributed by atoms with Crippen molar-refractivity contribution in [2.75, 3.05) is 0 Å². The Morgan fingerprint density at radius 2 is 1.88 bits per heavy atom. The Morgan fingerprint density at radius 3 is 2.75 bits per heavy atom. The van der Waals surface area contributed by atoms with Crippen molar-refractivity contribution in [2.24, 2.45) is 0 Å². The Labute approximate surface area is 92.8 Å². The zero-order valence-electron chi connectivity index (χ0n) is 8.55. The van der Waals surface area contributed by atoms with E-state index >= 15 is 0 Å². The molecule has 1 aliphatic carbocycles. The van der Waals surface area contributed by atoms with Gasteiger partial charge < -0.3 is 5.11 Å². The van der Waals surface area contributed by atoms with Crippen molar-refractivity contribution in [3.05, 3.63) is 53.6 Å². The predicted molar refractivity (Wildman–Crippen MR) is 63.3 cm³/mol. The van der Waals surface area contributed by atoms with Crippen molar-refractivity contribution < 1.29 is 9.90 Å². The Bertz CT molecular complexity index is 611. The van der Waals surface area contributed by atoms with Gasteiger partial charge in [0.2, 0.25) is 0 Å². The second kappa shape index (κ2) is 3.29. The molecule has 78 valence electrons. The van der Waals surface area contributed by atoms with Crippen LogP contribution < -0.4 is 0 Å². The lowest BCUT2D eigenvalue weighted by molar-refractivity contribution is 0.0820. The molecule has 2 nitrogen and oxygen atoms in total. The second-order valence-electron chi connectivity index (χ2n) is 3.92. The van der Waals surface area contributed by atoms with E-state index in [-0.39, 0.29) is 5.78 Å². The monoisotopic (exact) mass is 210 g/mol. The molecule has 2 heteroatoms. The van der Waals surface area contributed by atoms with Gasteiger partial charge in [0.25, 0.3) is 0 Å². The number of benzene rings is 2. The van der Waals surface area contributed by atoms with Crippen LogP contribution in [0.5, 0.6) is 0 Å². The molecule has 0 spiro atoms. The summed E-state index contributed by atoms with van der Waals surface area (Å²) < 4.78 is 0. The molecule has 0 aromatic heterocycles. The number of rotatable bonds is 0. The first-order valence-electron chi connectivity index (χ1n) is 5.19. The van der Waals surface area contributed by atoms with E-state index in [1.807, 2.05) is 36.4 Å². The zero-order chi connectivity index (χ0) is 11.1. The van der Waals surface area contributed by atoms with Gasteiger partial charge in [-0.05, 0) is 22.4 Å². The van der Waals surface area contributed by atoms with Gasteiger partial charge in [-0.2, -0.15) is 0 Å². The van der Waals surface area contributed by atoms with Gasteiger partial charge in [0.1, 0.15) is 6.10 Å². The van der Waals surface area contributed by atoms with Gasteiger partial charge in [-0.15, -0.1) is 0 Å². The molecule has 0 radical (unpaired) electrons. The third-order valence-electron chi connectivity index (χ3n) is 2.93. The molecule has 1 unspecified atom stereocenters. The highest BCUT2D eigenvalue weighted by atomic mass is 16.3. The van der Waals surface area contributed by atoms with Crippen LogP contribution in [0.3, 0.4) is 0 Å². The summed E-state index contributed by atoms with van der Waals surface area (Å²) in [5.41, 5.74) is 1.52. The summed E-state index contributed by atoms with van der Waals surface area (Å²) in [7, 11) is 0. The fraction of sp³-hybridized carbons (Fsp3) is 0.0714. The number of fused-ring (bicyclic) bond motifs is 3. The number of aliphatic hydroxyl groups excluding tert-OH is 1. The summed E-state index contributed by atoms with van der Waals surface area (Å²) in [4.78, 5) is 11.9. The smallest absolute Gasteiger partial charge is 0.196 e. The second-order valence-corrected chi connectivity index (χ2v) is 3.92. The van der Waals surface area contributed by atoms with Gasteiger partial charge >= 0.3 is 0 Å². The maximum atomic E-state index is 11.9. The van der Waals surface area contributed by atoms with Crippen LogP contribution in [-0.2, 0) is 0 Å². The Kier molecular flexibility index (Phi) is 1.91. The fourth-order valence-electron chi connectivity index (χ4n) is 2.13. The van der Waals surface area contributed by atoms with Gasteiger partial charge in [0.15, 0.2) is 5.78 Å².